The summed E-state index contributed by atoms with van der Waals surface area (Å²) in [6, 6.07) is 8.46. The summed E-state index contributed by atoms with van der Waals surface area (Å²) in [5, 5.41) is 7.64. The second kappa shape index (κ2) is 4.45. The monoisotopic (exact) mass is 218 g/mol. The van der Waals surface area contributed by atoms with Crippen LogP contribution in [0.15, 0.2) is 35.0 Å². The minimum atomic E-state index is 0.311. The Morgan fingerprint density at radius 2 is 2.20 bits per heavy atom. The maximum absolute atomic E-state index is 4.42. The topological polar surface area (TPSA) is 24.9 Å². The fourth-order valence-electron chi connectivity index (χ4n) is 1.45. The summed E-state index contributed by atoms with van der Waals surface area (Å²) in [5.74, 6) is 0.939. The van der Waals surface area contributed by atoms with Crippen molar-refractivity contribution in [1.29, 1.82) is 0 Å². The Balaban J connectivity index is 2.09. The zero-order valence-electron chi connectivity index (χ0n) is 8.90. The van der Waals surface area contributed by atoms with Crippen LogP contribution in [0.1, 0.15) is 24.2 Å². The highest BCUT2D eigenvalue weighted by Crippen LogP contribution is 2.19. The van der Waals surface area contributed by atoms with Gasteiger partial charge in [0, 0.05) is 5.69 Å². The SMILES string of the molecule is Cc1cccc(NC(C)c2ccsc2)n1. The van der Waals surface area contributed by atoms with E-state index in [9.17, 15) is 0 Å². The standard InChI is InChI=1S/C12H14N2S/c1-9-4-3-5-12(13-9)14-10(2)11-6-7-15-8-11/h3-8,10H,1-2H3,(H,13,14). The number of aromatic nitrogens is 1. The highest BCUT2D eigenvalue weighted by atomic mass is 32.1. The van der Waals surface area contributed by atoms with Crippen molar-refractivity contribution in [3.8, 4) is 0 Å². The van der Waals surface area contributed by atoms with Crippen LogP contribution in [0.4, 0.5) is 5.82 Å². The first kappa shape index (κ1) is 10.2. The van der Waals surface area contributed by atoms with Crippen molar-refractivity contribution < 1.29 is 0 Å². The lowest BCUT2D eigenvalue weighted by Gasteiger charge is -2.13. The summed E-state index contributed by atoms with van der Waals surface area (Å²) in [7, 11) is 0. The van der Waals surface area contributed by atoms with E-state index < -0.39 is 0 Å². The van der Waals surface area contributed by atoms with Gasteiger partial charge in [-0.05, 0) is 48.4 Å². The number of hydrogen-bond donors (Lipinski definition) is 1. The summed E-state index contributed by atoms with van der Waals surface area (Å²) in [6.07, 6.45) is 0. The number of aryl methyl sites for hydroxylation is 1. The van der Waals surface area contributed by atoms with Crippen LogP contribution in [0, 0.1) is 6.92 Å². The van der Waals surface area contributed by atoms with Crippen LogP contribution in [-0.4, -0.2) is 4.98 Å². The van der Waals surface area contributed by atoms with Gasteiger partial charge in [0.2, 0.25) is 0 Å². The second-order valence-corrected chi connectivity index (χ2v) is 4.37. The molecular weight excluding hydrogens is 204 g/mol. The van der Waals surface area contributed by atoms with Crippen LogP contribution >= 0.6 is 11.3 Å². The molecule has 2 aromatic rings. The van der Waals surface area contributed by atoms with Crippen LogP contribution in [0.2, 0.25) is 0 Å². The highest BCUT2D eigenvalue weighted by molar-refractivity contribution is 7.07. The minimum absolute atomic E-state index is 0.311. The van der Waals surface area contributed by atoms with Gasteiger partial charge in [0.15, 0.2) is 0 Å². The Morgan fingerprint density at radius 3 is 2.87 bits per heavy atom. The maximum Gasteiger partial charge on any atom is 0.126 e. The number of rotatable bonds is 3. The Kier molecular flexibility index (Phi) is 3.02. The van der Waals surface area contributed by atoms with Gasteiger partial charge in [-0.2, -0.15) is 11.3 Å². The molecule has 0 bridgehead atoms. The van der Waals surface area contributed by atoms with Crippen molar-refractivity contribution in [2.45, 2.75) is 19.9 Å². The zero-order chi connectivity index (χ0) is 10.7. The predicted octanol–water partition coefficient (Wildman–Crippen LogP) is 3.62. The average Bonchev–Trinajstić information content (AvgIpc) is 2.70. The largest absolute Gasteiger partial charge is 0.364 e. The van der Waals surface area contributed by atoms with Gasteiger partial charge in [-0.15, -0.1) is 0 Å². The normalized spacial score (nSPS) is 12.4. The number of nitrogens with one attached hydrogen (secondary N) is 1. The number of hydrogen-bond acceptors (Lipinski definition) is 3. The van der Waals surface area contributed by atoms with E-state index in [-0.39, 0.29) is 0 Å². The third-order valence-electron chi connectivity index (χ3n) is 2.30. The predicted molar refractivity (Wildman–Crippen MR) is 65.3 cm³/mol. The third kappa shape index (κ3) is 2.57. The zero-order valence-corrected chi connectivity index (χ0v) is 9.71. The van der Waals surface area contributed by atoms with Crippen molar-refractivity contribution >= 4 is 17.2 Å². The maximum atomic E-state index is 4.42. The van der Waals surface area contributed by atoms with Crippen molar-refractivity contribution in [1.82, 2.24) is 4.98 Å². The molecule has 0 radical (unpaired) electrons. The first-order valence-electron chi connectivity index (χ1n) is 4.98. The molecule has 2 aromatic heterocycles. The van der Waals surface area contributed by atoms with E-state index >= 15 is 0 Å². The third-order valence-corrected chi connectivity index (χ3v) is 3.00. The molecule has 0 aromatic carbocycles. The Bertz CT molecular complexity index is 423. The Hall–Kier alpha value is -1.35. The summed E-state index contributed by atoms with van der Waals surface area (Å²) in [6.45, 7) is 4.15. The van der Waals surface area contributed by atoms with Crippen LogP contribution in [0.3, 0.4) is 0 Å². The lowest BCUT2D eigenvalue weighted by Crippen LogP contribution is -2.07. The van der Waals surface area contributed by atoms with Gasteiger partial charge >= 0.3 is 0 Å². The Labute approximate surface area is 94.0 Å². The molecule has 0 spiro atoms. The van der Waals surface area contributed by atoms with Gasteiger partial charge in [-0.1, -0.05) is 6.07 Å². The molecule has 1 unspecified atom stereocenters. The summed E-state index contributed by atoms with van der Waals surface area (Å²) in [5.41, 5.74) is 2.35. The first-order valence-corrected chi connectivity index (χ1v) is 5.92. The van der Waals surface area contributed by atoms with E-state index in [2.05, 4.69) is 34.1 Å². The lowest BCUT2D eigenvalue weighted by molar-refractivity contribution is 0.878. The molecular formula is C12H14N2S. The van der Waals surface area contributed by atoms with Crippen LogP contribution in [0.25, 0.3) is 0 Å². The molecule has 0 saturated heterocycles. The van der Waals surface area contributed by atoms with E-state index in [1.165, 1.54) is 5.56 Å². The van der Waals surface area contributed by atoms with Gasteiger partial charge in [0.25, 0.3) is 0 Å². The average molecular weight is 218 g/mol. The quantitative estimate of drug-likeness (QED) is 0.851. The molecule has 15 heavy (non-hydrogen) atoms. The molecule has 2 heterocycles. The van der Waals surface area contributed by atoms with E-state index in [0.29, 0.717) is 6.04 Å². The van der Waals surface area contributed by atoms with E-state index in [1.54, 1.807) is 11.3 Å². The van der Waals surface area contributed by atoms with Gasteiger partial charge in [-0.25, -0.2) is 4.98 Å². The van der Waals surface area contributed by atoms with Gasteiger partial charge < -0.3 is 5.32 Å². The fourth-order valence-corrected chi connectivity index (χ4v) is 2.20. The molecule has 2 rings (SSSR count). The van der Waals surface area contributed by atoms with Crippen molar-refractivity contribution in [2.24, 2.45) is 0 Å². The second-order valence-electron chi connectivity index (χ2n) is 3.59. The van der Waals surface area contributed by atoms with E-state index in [1.807, 2.05) is 25.1 Å². The molecule has 0 aliphatic rings. The molecule has 0 aliphatic heterocycles. The summed E-state index contributed by atoms with van der Waals surface area (Å²) < 4.78 is 0. The molecule has 1 N–H and O–H groups in total. The lowest BCUT2D eigenvalue weighted by atomic mass is 10.2. The van der Waals surface area contributed by atoms with E-state index in [4.69, 9.17) is 0 Å². The first-order chi connectivity index (χ1) is 7.25. The molecule has 0 aliphatic carbocycles. The Morgan fingerprint density at radius 1 is 1.33 bits per heavy atom. The van der Waals surface area contributed by atoms with Gasteiger partial charge in [0.05, 0.1) is 6.04 Å². The smallest absolute Gasteiger partial charge is 0.126 e. The number of thiophene rings is 1. The fraction of sp³-hybridized carbons (Fsp3) is 0.250. The highest BCUT2D eigenvalue weighted by Gasteiger charge is 2.05. The molecule has 0 amide bonds. The summed E-state index contributed by atoms with van der Waals surface area (Å²) in [4.78, 5) is 4.42. The van der Waals surface area contributed by atoms with Crippen molar-refractivity contribution in [3.63, 3.8) is 0 Å². The van der Waals surface area contributed by atoms with Crippen LogP contribution < -0.4 is 5.32 Å². The van der Waals surface area contributed by atoms with E-state index in [0.717, 1.165) is 11.5 Å². The van der Waals surface area contributed by atoms with Crippen molar-refractivity contribution in [2.75, 3.05) is 5.32 Å². The molecule has 0 fully saturated rings. The van der Waals surface area contributed by atoms with Crippen LogP contribution in [0.5, 0.6) is 0 Å². The van der Waals surface area contributed by atoms with Gasteiger partial charge in [-0.3, -0.25) is 0 Å². The molecule has 2 nitrogen and oxygen atoms in total. The molecule has 3 heteroatoms. The van der Waals surface area contributed by atoms with Crippen LogP contribution in [-0.2, 0) is 0 Å². The molecule has 0 saturated carbocycles. The van der Waals surface area contributed by atoms with Gasteiger partial charge in [0.1, 0.15) is 5.82 Å². The summed E-state index contributed by atoms with van der Waals surface area (Å²) >= 11 is 1.72. The molecule has 1 atom stereocenters. The number of pyridine rings is 1. The minimum Gasteiger partial charge on any atom is -0.364 e. The number of nitrogens with zero attached hydrogens (tertiary/aromatic N) is 1. The number of anilines is 1. The molecule has 78 valence electrons. The van der Waals surface area contributed by atoms with Crippen molar-refractivity contribution in [3.05, 3.63) is 46.3 Å².